The van der Waals surface area contributed by atoms with Gasteiger partial charge in [0.15, 0.2) is 5.16 Å². The van der Waals surface area contributed by atoms with Crippen LogP contribution >= 0.6 is 23.1 Å². The van der Waals surface area contributed by atoms with Gasteiger partial charge in [0, 0.05) is 22.7 Å². The molecule has 3 rings (SSSR count). The number of hydrazine groups is 1. The molecule has 7 nitrogen and oxygen atoms in total. The smallest absolute Gasteiger partial charge is 0.267 e. The van der Waals surface area contributed by atoms with Gasteiger partial charge < -0.3 is 0 Å². The van der Waals surface area contributed by atoms with Crippen LogP contribution in [0.25, 0.3) is 0 Å². The molecule has 0 aliphatic rings. The Morgan fingerprint density at radius 2 is 1.64 bits per heavy atom. The Kier molecular flexibility index (Phi) is 6.37. The van der Waals surface area contributed by atoms with Gasteiger partial charge in [-0.25, -0.2) is 15.0 Å². The van der Waals surface area contributed by atoms with Gasteiger partial charge in [0.1, 0.15) is 4.88 Å². The molecule has 28 heavy (non-hydrogen) atoms. The maximum Gasteiger partial charge on any atom is 0.281 e. The number of carbonyl (C=O) groups excluding carboxylic acids is 2. The monoisotopic (exact) mass is 413 g/mol. The number of hydrogen-bond donors (Lipinski definition) is 2. The first-order valence-electron chi connectivity index (χ1n) is 8.47. The third-order valence-electron chi connectivity index (χ3n) is 3.79. The Labute approximate surface area is 171 Å². The van der Waals surface area contributed by atoms with Crippen LogP contribution in [0.2, 0.25) is 0 Å². The lowest BCUT2D eigenvalue weighted by atomic mass is 10.1. The third kappa shape index (κ3) is 5.14. The molecule has 9 heteroatoms. The fourth-order valence-corrected chi connectivity index (χ4v) is 4.02. The molecule has 0 bridgehead atoms. The van der Waals surface area contributed by atoms with E-state index in [1.807, 2.05) is 32.0 Å². The highest BCUT2D eigenvalue weighted by Crippen LogP contribution is 2.20. The lowest BCUT2D eigenvalue weighted by Gasteiger charge is -2.07. The molecule has 0 atom stereocenters. The van der Waals surface area contributed by atoms with Gasteiger partial charge >= 0.3 is 0 Å². The summed E-state index contributed by atoms with van der Waals surface area (Å²) >= 11 is 2.77. The van der Waals surface area contributed by atoms with Crippen LogP contribution in [0.15, 0.2) is 41.0 Å². The fourth-order valence-electron chi connectivity index (χ4n) is 2.42. The number of nitrogens with one attached hydrogen (secondary N) is 2. The molecule has 0 aliphatic carbocycles. The molecule has 0 aliphatic heterocycles. The minimum Gasteiger partial charge on any atom is -0.267 e. The van der Waals surface area contributed by atoms with Crippen LogP contribution < -0.4 is 10.9 Å². The van der Waals surface area contributed by atoms with Crippen molar-refractivity contribution in [3.63, 3.8) is 0 Å². The molecule has 2 N–H and O–H groups in total. The van der Waals surface area contributed by atoms with Crippen LogP contribution in [0.3, 0.4) is 0 Å². The van der Waals surface area contributed by atoms with Crippen molar-refractivity contribution in [2.45, 2.75) is 31.7 Å². The van der Waals surface area contributed by atoms with E-state index in [9.17, 15) is 9.59 Å². The standard InChI is InChI=1S/C19H19N5O2S2/c1-11-8-12(2)22-19(21-11)27-9-14-4-6-15(7-5-14)17(25)23-24-18(26)16-13(3)20-10-28-16/h4-8,10H,9H2,1-3H3,(H,23,25)(H,24,26). The van der Waals surface area contributed by atoms with Crippen LogP contribution in [0, 0.1) is 20.8 Å². The van der Waals surface area contributed by atoms with Crippen molar-refractivity contribution >= 4 is 34.9 Å². The average Bonchev–Trinajstić information content (AvgIpc) is 3.10. The van der Waals surface area contributed by atoms with Gasteiger partial charge in [-0.05, 0) is 44.5 Å². The van der Waals surface area contributed by atoms with Crippen LogP contribution in [0.1, 0.15) is 42.7 Å². The maximum absolute atomic E-state index is 12.2. The average molecular weight is 414 g/mol. The first-order chi connectivity index (χ1) is 13.4. The predicted octanol–water partition coefficient (Wildman–Crippen LogP) is 3.23. The molecule has 3 aromatic rings. The summed E-state index contributed by atoms with van der Waals surface area (Å²) in [6.45, 7) is 5.63. The molecule has 2 heterocycles. The minimum atomic E-state index is -0.382. The van der Waals surface area contributed by atoms with Gasteiger partial charge in [0.05, 0.1) is 11.2 Å². The number of amides is 2. The molecule has 1 aromatic carbocycles. The predicted molar refractivity (Wildman–Crippen MR) is 109 cm³/mol. The van der Waals surface area contributed by atoms with Crippen molar-refractivity contribution in [3.8, 4) is 0 Å². The molecule has 0 saturated heterocycles. The van der Waals surface area contributed by atoms with Gasteiger partial charge in [0.2, 0.25) is 0 Å². The van der Waals surface area contributed by atoms with E-state index in [-0.39, 0.29) is 11.8 Å². The number of aryl methyl sites for hydroxylation is 3. The lowest BCUT2D eigenvalue weighted by molar-refractivity contribution is 0.0848. The van der Waals surface area contributed by atoms with Crippen LogP contribution in [-0.4, -0.2) is 26.8 Å². The Balaban J connectivity index is 1.54. The summed E-state index contributed by atoms with van der Waals surface area (Å²) in [5.74, 6) is -0.0613. The van der Waals surface area contributed by atoms with E-state index in [2.05, 4.69) is 25.8 Å². The molecule has 0 spiro atoms. The molecule has 0 saturated carbocycles. The van der Waals surface area contributed by atoms with E-state index in [4.69, 9.17) is 0 Å². The van der Waals surface area contributed by atoms with Crippen molar-refractivity contribution in [1.82, 2.24) is 25.8 Å². The number of hydrogen-bond acceptors (Lipinski definition) is 7. The number of aromatic nitrogens is 3. The number of nitrogens with zero attached hydrogens (tertiary/aromatic N) is 3. The van der Waals surface area contributed by atoms with Crippen molar-refractivity contribution in [2.75, 3.05) is 0 Å². The largest absolute Gasteiger partial charge is 0.281 e. The second kappa shape index (κ2) is 8.94. The molecule has 0 fully saturated rings. The summed E-state index contributed by atoms with van der Waals surface area (Å²) in [6, 6.07) is 9.13. The first-order valence-corrected chi connectivity index (χ1v) is 10.3. The van der Waals surface area contributed by atoms with Crippen LogP contribution in [-0.2, 0) is 5.75 Å². The molecule has 0 radical (unpaired) electrons. The number of rotatable bonds is 5. The second-order valence-electron chi connectivity index (χ2n) is 6.09. The third-order valence-corrected chi connectivity index (χ3v) is 5.63. The summed E-state index contributed by atoms with van der Waals surface area (Å²) in [4.78, 5) is 37.5. The second-order valence-corrected chi connectivity index (χ2v) is 7.89. The van der Waals surface area contributed by atoms with Crippen molar-refractivity contribution < 1.29 is 9.59 Å². The lowest BCUT2D eigenvalue weighted by Crippen LogP contribution is -2.41. The van der Waals surface area contributed by atoms with E-state index < -0.39 is 0 Å². The summed E-state index contributed by atoms with van der Waals surface area (Å²) in [5.41, 5.74) is 10.4. The Morgan fingerprint density at radius 1 is 1.00 bits per heavy atom. The van der Waals surface area contributed by atoms with E-state index in [0.29, 0.717) is 21.9 Å². The Hall–Kier alpha value is -2.78. The first kappa shape index (κ1) is 20.0. The van der Waals surface area contributed by atoms with E-state index in [1.165, 1.54) is 11.3 Å². The SMILES string of the molecule is Cc1cc(C)nc(SCc2ccc(C(=O)NNC(=O)c3scnc3C)cc2)n1. The Bertz CT molecular complexity index is 982. The molecule has 2 amide bonds. The molecule has 2 aromatic heterocycles. The number of thiazole rings is 1. The van der Waals surface area contributed by atoms with Gasteiger partial charge in [-0.2, -0.15) is 0 Å². The highest BCUT2D eigenvalue weighted by Gasteiger charge is 2.13. The van der Waals surface area contributed by atoms with E-state index in [1.54, 1.807) is 36.3 Å². The van der Waals surface area contributed by atoms with Gasteiger partial charge in [-0.1, -0.05) is 23.9 Å². The van der Waals surface area contributed by atoms with Crippen molar-refractivity contribution in [1.29, 1.82) is 0 Å². The zero-order valence-electron chi connectivity index (χ0n) is 15.6. The normalized spacial score (nSPS) is 10.5. The highest BCUT2D eigenvalue weighted by molar-refractivity contribution is 7.98. The topological polar surface area (TPSA) is 96.9 Å². The molecule has 144 valence electrons. The number of benzene rings is 1. The van der Waals surface area contributed by atoms with Crippen molar-refractivity contribution in [2.24, 2.45) is 0 Å². The van der Waals surface area contributed by atoms with Gasteiger partial charge in [0.25, 0.3) is 11.8 Å². The van der Waals surface area contributed by atoms with E-state index >= 15 is 0 Å². The van der Waals surface area contributed by atoms with Crippen LogP contribution in [0.5, 0.6) is 0 Å². The molecule has 0 unspecified atom stereocenters. The Morgan fingerprint density at radius 3 is 2.25 bits per heavy atom. The zero-order chi connectivity index (χ0) is 20.1. The van der Waals surface area contributed by atoms with Gasteiger partial charge in [-0.3, -0.25) is 20.4 Å². The summed E-state index contributed by atoms with van der Waals surface area (Å²) < 4.78 is 0. The number of thioether (sulfide) groups is 1. The van der Waals surface area contributed by atoms with E-state index in [0.717, 1.165) is 22.1 Å². The highest BCUT2D eigenvalue weighted by atomic mass is 32.2. The summed E-state index contributed by atoms with van der Waals surface area (Å²) in [5, 5.41) is 0.736. The fraction of sp³-hybridized carbons (Fsp3) is 0.211. The van der Waals surface area contributed by atoms with Crippen molar-refractivity contribution in [3.05, 3.63) is 68.9 Å². The molecular weight excluding hydrogens is 394 g/mol. The zero-order valence-corrected chi connectivity index (χ0v) is 17.3. The molecular formula is C19H19N5O2S2. The summed E-state index contributed by atoms with van der Waals surface area (Å²) in [7, 11) is 0. The minimum absolute atomic E-state index is 0.380. The van der Waals surface area contributed by atoms with Crippen LogP contribution in [0.4, 0.5) is 0 Å². The summed E-state index contributed by atoms with van der Waals surface area (Å²) in [6.07, 6.45) is 0. The quantitative estimate of drug-likeness (QED) is 0.379. The van der Waals surface area contributed by atoms with Gasteiger partial charge in [-0.15, -0.1) is 11.3 Å². The number of carbonyl (C=O) groups is 2. The maximum atomic E-state index is 12.2.